The van der Waals surface area contributed by atoms with E-state index in [1.54, 1.807) is 0 Å². The minimum Gasteiger partial charge on any atom is -0.392 e. The fourth-order valence-corrected chi connectivity index (χ4v) is 3.49. The van der Waals surface area contributed by atoms with Crippen molar-refractivity contribution in [3.63, 3.8) is 0 Å². The number of piperidine rings is 1. The lowest BCUT2D eigenvalue weighted by Gasteiger charge is -2.39. The molecule has 6 heteroatoms. The van der Waals surface area contributed by atoms with Gasteiger partial charge in [-0.15, -0.1) is 0 Å². The van der Waals surface area contributed by atoms with E-state index in [0.717, 1.165) is 51.5 Å². The third-order valence-corrected chi connectivity index (χ3v) is 4.65. The molecule has 2 aliphatic rings. The summed E-state index contributed by atoms with van der Waals surface area (Å²) in [7, 11) is 2.00. The highest BCUT2D eigenvalue weighted by atomic mass is 16.5. The second-order valence-electron chi connectivity index (χ2n) is 6.55. The Balaban J connectivity index is 1.52. The second-order valence-corrected chi connectivity index (χ2v) is 6.55. The number of β-amino-alcohol motifs (C(OH)–C–C–N with tert-alkyl or cyclic N) is 1. The number of hydrogen-bond acceptors (Lipinski definition) is 5. The first-order valence-corrected chi connectivity index (χ1v) is 7.85. The van der Waals surface area contributed by atoms with Gasteiger partial charge in [0.25, 0.3) is 0 Å². The molecule has 0 aliphatic carbocycles. The summed E-state index contributed by atoms with van der Waals surface area (Å²) >= 11 is 0. The minimum atomic E-state index is -0.249. The molecule has 2 aliphatic heterocycles. The highest BCUT2D eigenvalue weighted by Gasteiger charge is 2.42. The Morgan fingerprint density at radius 1 is 1.52 bits per heavy atom. The number of aryl methyl sites for hydroxylation is 1. The zero-order valence-electron chi connectivity index (χ0n) is 13.0. The summed E-state index contributed by atoms with van der Waals surface area (Å²) in [6.45, 7) is 5.40. The molecule has 2 saturated heterocycles. The van der Waals surface area contributed by atoms with Crippen LogP contribution in [0.2, 0.25) is 0 Å². The maximum atomic E-state index is 9.48. The van der Waals surface area contributed by atoms with Crippen LogP contribution >= 0.6 is 0 Å². The van der Waals surface area contributed by atoms with Crippen molar-refractivity contribution in [1.82, 2.24) is 14.5 Å². The van der Waals surface area contributed by atoms with Crippen LogP contribution in [0.15, 0.2) is 12.4 Å². The number of hydrogen-bond donors (Lipinski definition) is 2. The van der Waals surface area contributed by atoms with Crippen LogP contribution in [0.3, 0.4) is 0 Å². The van der Waals surface area contributed by atoms with Crippen molar-refractivity contribution in [2.45, 2.75) is 43.9 Å². The van der Waals surface area contributed by atoms with Crippen molar-refractivity contribution < 1.29 is 9.84 Å². The van der Waals surface area contributed by atoms with Crippen LogP contribution in [0.5, 0.6) is 0 Å². The van der Waals surface area contributed by atoms with E-state index in [0.29, 0.717) is 6.04 Å². The van der Waals surface area contributed by atoms with Crippen LogP contribution in [0, 0.1) is 0 Å². The van der Waals surface area contributed by atoms with E-state index in [1.807, 2.05) is 30.9 Å². The SMILES string of the molecule is CC(O)CN1CCC2(CC1)CC(Nc1nccn1C)CO2. The predicted octanol–water partition coefficient (Wildman–Crippen LogP) is 0.836. The Labute approximate surface area is 126 Å². The standard InChI is InChI=1S/C15H26N4O2/c1-12(20)10-19-6-3-15(4-7-19)9-13(11-21-15)17-14-16-5-8-18(14)2/h5,8,12-13,20H,3-4,6-7,9-11H2,1-2H3,(H,16,17). The van der Waals surface area contributed by atoms with E-state index in [-0.39, 0.29) is 11.7 Å². The van der Waals surface area contributed by atoms with Crippen molar-refractivity contribution in [3.05, 3.63) is 12.4 Å². The molecule has 6 nitrogen and oxygen atoms in total. The molecule has 1 aromatic rings. The lowest BCUT2D eigenvalue weighted by molar-refractivity contribution is -0.0484. The van der Waals surface area contributed by atoms with Crippen molar-refractivity contribution in [1.29, 1.82) is 0 Å². The van der Waals surface area contributed by atoms with Gasteiger partial charge in [-0.2, -0.15) is 0 Å². The number of likely N-dealkylation sites (tertiary alicyclic amines) is 1. The molecular formula is C15H26N4O2. The Morgan fingerprint density at radius 3 is 2.90 bits per heavy atom. The van der Waals surface area contributed by atoms with Gasteiger partial charge in [0, 0.05) is 39.1 Å². The number of rotatable bonds is 4. The zero-order valence-corrected chi connectivity index (χ0v) is 13.0. The number of ether oxygens (including phenoxy) is 1. The van der Waals surface area contributed by atoms with Crippen LogP contribution in [-0.4, -0.2) is 63.5 Å². The van der Waals surface area contributed by atoms with E-state index in [4.69, 9.17) is 4.74 Å². The van der Waals surface area contributed by atoms with Gasteiger partial charge < -0.3 is 24.6 Å². The number of aliphatic hydroxyl groups is 1. The number of imidazole rings is 1. The minimum absolute atomic E-state index is 0.0258. The van der Waals surface area contributed by atoms with Gasteiger partial charge in [0.05, 0.1) is 24.4 Å². The molecule has 2 N–H and O–H groups in total. The van der Waals surface area contributed by atoms with Crippen LogP contribution in [-0.2, 0) is 11.8 Å². The van der Waals surface area contributed by atoms with Gasteiger partial charge in [0.15, 0.2) is 0 Å². The van der Waals surface area contributed by atoms with E-state index in [9.17, 15) is 5.11 Å². The molecule has 0 saturated carbocycles. The van der Waals surface area contributed by atoms with Gasteiger partial charge in [0.2, 0.25) is 5.95 Å². The maximum absolute atomic E-state index is 9.48. The summed E-state index contributed by atoms with van der Waals surface area (Å²) in [5, 5.41) is 13.0. The molecule has 118 valence electrons. The van der Waals surface area contributed by atoms with Crippen LogP contribution in [0.4, 0.5) is 5.95 Å². The molecule has 2 unspecified atom stereocenters. The molecule has 2 atom stereocenters. The monoisotopic (exact) mass is 294 g/mol. The van der Waals surface area contributed by atoms with E-state index >= 15 is 0 Å². The lowest BCUT2D eigenvalue weighted by Crippen LogP contribution is -2.46. The van der Waals surface area contributed by atoms with Gasteiger partial charge in [-0.25, -0.2) is 4.98 Å². The first-order valence-electron chi connectivity index (χ1n) is 7.85. The van der Waals surface area contributed by atoms with Crippen molar-refractivity contribution >= 4 is 5.95 Å². The van der Waals surface area contributed by atoms with Gasteiger partial charge in [-0.1, -0.05) is 0 Å². The van der Waals surface area contributed by atoms with Gasteiger partial charge in [0.1, 0.15) is 0 Å². The third-order valence-electron chi connectivity index (χ3n) is 4.65. The predicted molar refractivity (Wildman–Crippen MR) is 81.3 cm³/mol. The van der Waals surface area contributed by atoms with E-state index in [2.05, 4.69) is 15.2 Å². The highest BCUT2D eigenvalue weighted by Crippen LogP contribution is 2.36. The van der Waals surface area contributed by atoms with Crippen LogP contribution in [0.1, 0.15) is 26.2 Å². The fourth-order valence-electron chi connectivity index (χ4n) is 3.49. The first kappa shape index (κ1) is 14.8. The summed E-state index contributed by atoms with van der Waals surface area (Å²) in [4.78, 5) is 6.65. The summed E-state index contributed by atoms with van der Waals surface area (Å²) < 4.78 is 8.14. The molecule has 21 heavy (non-hydrogen) atoms. The van der Waals surface area contributed by atoms with Crippen molar-refractivity contribution in [3.8, 4) is 0 Å². The molecule has 0 bridgehead atoms. The smallest absolute Gasteiger partial charge is 0.202 e. The molecule has 1 spiro atoms. The zero-order chi connectivity index (χ0) is 14.9. The van der Waals surface area contributed by atoms with Crippen molar-refractivity contribution in [2.24, 2.45) is 7.05 Å². The number of aliphatic hydroxyl groups excluding tert-OH is 1. The molecule has 0 amide bonds. The number of aromatic nitrogens is 2. The normalized spacial score (nSPS) is 27.1. The quantitative estimate of drug-likeness (QED) is 0.861. The first-order chi connectivity index (χ1) is 10.1. The number of nitrogens with zero attached hydrogens (tertiary/aromatic N) is 3. The molecular weight excluding hydrogens is 268 g/mol. The van der Waals surface area contributed by atoms with E-state index in [1.165, 1.54) is 0 Å². The Bertz CT molecular complexity index is 466. The van der Waals surface area contributed by atoms with Crippen LogP contribution in [0.25, 0.3) is 0 Å². The Hall–Kier alpha value is -1.11. The summed E-state index contributed by atoms with van der Waals surface area (Å²) in [6, 6.07) is 0.342. The van der Waals surface area contributed by atoms with Gasteiger partial charge in [-0.05, 0) is 26.2 Å². The third kappa shape index (κ3) is 3.39. The molecule has 3 rings (SSSR count). The number of anilines is 1. The van der Waals surface area contributed by atoms with E-state index < -0.39 is 0 Å². The molecule has 0 aromatic carbocycles. The molecule has 1 aromatic heterocycles. The maximum Gasteiger partial charge on any atom is 0.202 e. The molecule has 2 fully saturated rings. The largest absolute Gasteiger partial charge is 0.392 e. The van der Waals surface area contributed by atoms with Crippen molar-refractivity contribution in [2.75, 3.05) is 31.6 Å². The topological polar surface area (TPSA) is 62.5 Å². The molecule has 3 heterocycles. The van der Waals surface area contributed by atoms with Crippen LogP contribution < -0.4 is 5.32 Å². The number of nitrogens with one attached hydrogen (secondary N) is 1. The Morgan fingerprint density at radius 2 is 2.29 bits per heavy atom. The molecule has 0 radical (unpaired) electrons. The average Bonchev–Trinajstić information content (AvgIpc) is 3.01. The second kappa shape index (κ2) is 5.94. The summed E-state index contributed by atoms with van der Waals surface area (Å²) in [6.07, 6.45) is 6.66. The fraction of sp³-hybridized carbons (Fsp3) is 0.800. The highest BCUT2D eigenvalue weighted by molar-refractivity contribution is 5.28. The summed E-state index contributed by atoms with van der Waals surface area (Å²) in [5.74, 6) is 0.909. The van der Waals surface area contributed by atoms with Gasteiger partial charge in [-0.3, -0.25) is 0 Å². The lowest BCUT2D eigenvalue weighted by atomic mass is 9.87. The average molecular weight is 294 g/mol. The van der Waals surface area contributed by atoms with Gasteiger partial charge >= 0.3 is 0 Å². The summed E-state index contributed by atoms with van der Waals surface area (Å²) in [5.41, 5.74) is 0.0258. The Kier molecular flexibility index (Phi) is 4.19.